The van der Waals surface area contributed by atoms with E-state index in [-0.39, 0.29) is 18.2 Å². The summed E-state index contributed by atoms with van der Waals surface area (Å²) in [5.41, 5.74) is 2.91. The highest BCUT2D eigenvalue weighted by Gasteiger charge is 2.42. The second-order valence-corrected chi connectivity index (χ2v) is 8.61. The normalized spacial score (nSPS) is 17.9. The standard InChI is InChI=1S/C27H25N3O2S/c1-18(2)31-21-13-11-20(12-14-21)30-26(25(29-27(30)33)22-10-6-7-17-28-22)24-16-15-23(32-24)19-8-4-3-5-9-19/h3-18,25-26H,1-2H3,(H,29,33)/t25-,26+/m0/s1. The number of thiocarbonyl (C=S) groups is 1. The van der Waals surface area contributed by atoms with Crippen molar-refractivity contribution in [1.82, 2.24) is 10.3 Å². The molecule has 33 heavy (non-hydrogen) atoms. The highest BCUT2D eigenvalue weighted by Crippen LogP contribution is 2.43. The number of furan rings is 1. The minimum Gasteiger partial charge on any atom is -0.491 e. The lowest BCUT2D eigenvalue weighted by Crippen LogP contribution is -2.29. The van der Waals surface area contributed by atoms with Gasteiger partial charge in [0, 0.05) is 17.4 Å². The summed E-state index contributed by atoms with van der Waals surface area (Å²) in [6.07, 6.45) is 1.92. The molecule has 2 aromatic heterocycles. The van der Waals surface area contributed by atoms with E-state index in [0.29, 0.717) is 5.11 Å². The number of hydrogen-bond acceptors (Lipinski definition) is 4. The number of benzene rings is 2. The summed E-state index contributed by atoms with van der Waals surface area (Å²) in [7, 11) is 0. The molecule has 4 aromatic rings. The van der Waals surface area contributed by atoms with Crippen molar-refractivity contribution in [3.05, 3.63) is 103 Å². The number of anilines is 1. The monoisotopic (exact) mass is 455 g/mol. The van der Waals surface area contributed by atoms with Gasteiger partial charge in [0.05, 0.1) is 17.8 Å². The fourth-order valence-electron chi connectivity index (χ4n) is 4.15. The molecule has 0 amide bonds. The molecule has 0 aliphatic carbocycles. The molecule has 0 spiro atoms. The minimum atomic E-state index is -0.193. The molecular formula is C27H25N3O2S. The molecule has 0 unspecified atom stereocenters. The smallest absolute Gasteiger partial charge is 0.174 e. The van der Waals surface area contributed by atoms with E-state index in [9.17, 15) is 0 Å². The summed E-state index contributed by atoms with van der Waals surface area (Å²) in [5.74, 6) is 2.47. The van der Waals surface area contributed by atoms with Gasteiger partial charge in [-0.3, -0.25) is 4.98 Å². The molecule has 0 bridgehead atoms. The summed E-state index contributed by atoms with van der Waals surface area (Å²) in [5, 5.41) is 4.10. The third-order valence-corrected chi connectivity index (χ3v) is 5.88. The highest BCUT2D eigenvalue weighted by atomic mass is 32.1. The van der Waals surface area contributed by atoms with Crippen LogP contribution in [0.5, 0.6) is 5.75 Å². The number of pyridine rings is 1. The topological polar surface area (TPSA) is 50.5 Å². The quantitative estimate of drug-likeness (QED) is 0.344. The zero-order valence-electron chi connectivity index (χ0n) is 18.5. The van der Waals surface area contributed by atoms with Crippen molar-refractivity contribution in [2.24, 2.45) is 0 Å². The van der Waals surface area contributed by atoms with Gasteiger partial charge in [0.15, 0.2) is 5.11 Å². The second-order valence-electron chi connectivity index (χ2n) is 8.23. The number of nitrogens with one attached hydrogen (secondary N) is 1. The van der Waals surface area contributed by atoms with E-state index in [1.54, 1.807) is 6.20 Å². The van der Waals surface area contributed by atoms with Gasteiger partial charge in [-0.25, -0.2) is 0 Å². The van der Waals surface area contributed by atoms with E-state index in [1.807, 2.05) is 98.8 Å². The lowest BCUT2D eigenvalue weighted by atomic mass is 10.0. The van der Waals surface area contributed by atoms with Gasteiger partial charge in [-0.05, 0) is 74.6 Å². The number of ether oxygens (including phenoxy) is 1. The SMILES string of the molecule is CC(C)Oc1ccc(N2C(=S)N[C@@H](c3ccccn3)[C@H]2c2ccc(-c3ccccc3)o2)cc1. The van der Waals surface area contributed by atoms with Gasteiger partial charge in [0.2, 0.25) is 0 Å². The van der Waals surface area contributed by atoms with Crippen LogP contribution in [-0.2, 0) is 0 Å². The Bertz CT molecular complexity index is 1220. The first-order chi connectivity index (χ1) is 16.1. The number of hydrogen-bond donors (Lipinski definition) is 1. The molecule has 166 valence electrons. The van der Waals surface area contributed by atoms with Gasteiger partial charge < -0.3 is 19.4 Å². The maximum Gasteiger partial charge on any atom is 0.174 e. The fraction of sp³-hybridized carbons (Fsp3) is 0.185. The minimum absolute atomic E-state index is 0.117. The Labute approximate surface area is 199 Å². The van der Waals surface area contributed by atoms with Crippen molar-refractivity contribution in [1.29, 1.82) is 0 Å². The van der Waals surface area contributed by atoms with Crippen LogP contribution in [0.25, 0.3) is 11.3 Å². The Kier molecular flexibility index (Phi) is 5.84. The molecule has 5 nitrogen and oxygen atoms in total. The summed E-state index contributed by atoms with van der Waals surface area (Å²) in [6, 6.07) is 27.7. The van der Waals surface area contributed by atoms with E-state index in [4.69, 9.17) is 21.4 Å². The lowest BCUT2D eigenvalue weighted by molar-refractivity contribution is 0.242. The Balaban J connectivity index is 1.55. The first kappa shape index (κ1) is 21.2. The van der Waals surface area contributed by atoms with E-state index < -0.39 is 0 Å². The average Bonchev–Trinajstić information content (AvgIpc) is 3.45. The zero-order chi connectivity index (χ0) is 22.8. The maximum atomic E-state index is 6.39. The molecule has 2 atom stereocenters. The van der Waals surface area contributed by atoms with Gasteiger partial charge in [0.25, 0.3) is 0 Å². The van der Waals surface area contributed by atoms with Crippen molar-refractivity contribution >= 4 is 23.0 Å². The number of nitrogens with zero attached hydrogens (tertiary/aromatic N) is 2. The Morgan fingerprint density at radius 3 is 2.39 bits per heavy atom. The Morgan fingerprint density at radius 1 is 0.939 bits per heavy atom. The zero-order valence-corrected chi connectivity index (χ0v) is 19.3. The molecule has 6 heteroatoms. The number of aromatic nitrogens is 1. The van der Waals surface area contributed by atoms with Crippen LogP contribution in [0.15, 0.2) is 95.5 Å². The van der Waals surface area contributed by atoms with Crippen LogP contribution in [0.2, 0.25) is 0 Å². The molecule has 1 aliphatic heterocycles. The van der Waals surface area contributed by atoms with E-state index in [2.05, 4.69) is 15.2 Å². The van der Waals surface area contributed by atoms with Gasteiger partial charge in [-0.1, -0.05) is 36.4 Å². The van der Waals surface area contributed by atoms with Crippen molar-refractivity contribution in [2.75, 3.05) is 4.90 Å². The number of rotatable bonds is 6. The summed E-state index contributed by atoms with van der Waals surface area (Å²) >= 11 is 5.79. The lowest BCUT2D eigenvalue weighted by Gasteiger charge is -2.26. The van der Waals surface area contributed by atoms with Crippen LogP contribution >= 0.6 is 12.2 Å². The average molecular weight is 456 g/mol. The fourth-order valence-corrected chi connectivity index (χ4v) is 4.49. The van der Waals surface area contributed by atoms with Crippen LogP contribution < -0.4 is 15.0 Å². The third-order valence-electron chi connectivity index (χ3n) is 5.56. The Hall–Kier alpha value is -3.64. The second kappa shape index (κ2) is 9.08. The molecule has 1 N–H and O–H groups in total. The molecule has 5 rings (SSSR count). The largest absolute Gasteiger partial charge is 0.491 e. The van der Waals surface area contributed by atoms with Gasteiger partial charge in [0.1, 0.15) is 23.3 Å². The van der Waals surface area contributed by atoms with Crippen molar-refractivity contribution in [2.45, 2.75) is 32.0 Å². The summed E-state index contributed by atoms with van der Waals surface area (Å²) in [4.78, 5) is 6.70. The molecule has 1 aliphatic rings. The molecule has 1 saturated heterocycles. The van der Waals surface area contributed by atoms with Gasteiger partial charge in [-0.2, -0.15) is 0 Å². The van der Waals surface area contributed by atoms with Crippen LogP contribution in [0.3, 0.4) is 0 Å². The molecule has 1 fully saturated rings. The summed E-state index contributed by atoms with van der Waals surface area (Å²) in [6.45, 7) is 4.03. The molecule has 0 saturated carbocycles. The van der Waals surface area contributed by atoms with Crippen molar-refractivity contribution in [3.8, 4) is 17.1 Å². The van der Waals surface area contributed by atoms with Crippen LogP contribution in [-0.4, -0.2) is 16.2 Å². The van der Waals surface area contributed by atoms with Crippen LogP contribution in [0.4, 0.5) is 5.69 Å². The maximum absolute atomic E-state index is 6.39. The van der Waals surface area contributed by atoms with Crippen LogP contribution in [0.1, 0.15) is 37.4 Å². The third kappa shape index (κ3) is 4.34. The first-order valence-corrected chi connectivity index (χ1v) is 11.4. The molecule has 0 radical (unpaired) electrons. The molecule has 3 heterocycles. The Morgan fingerprint density at radius 2 is 1.70 bits per heavy atom. The van der Waals surface area contributed by atoms with Crippen molar-refractivity contribution in [3.63, 3.8) is 0 Å². The van der Waals surface area contributed by atoms with Crippen molar-refractivity contribution < 1.29 is 9.15 Å². The van der Waals surface area contributed by atoms with E-state index in [1.165, 1.54) is 0 Å². The van der Waals surface area contributed by atoms with Gasteiger partial charge >= 0.3 is 0 Å². The predicted molar refractivity (Wildman–Crippen MR) is 134 cm³/mol. The first-order valence-electron chi connectivity index (χ1n) is 11.0. The predicted octanol–water partition coefficient (Wildman–Crippen LogP) is 6.31. The molecular weight excluding hydrogens is 430 g/mol. The van der Waals surface area contributed by atoms with E-state index >= 15 is 0 Å². The highest BCUT2D eigenvalue weighted by molar-refractivity contribution is 7.80. The van der Waals surface area contributed by atoms with Crippen LogP contribution in [0, 0.1) is 0 Å². The van der Waals surface area contributed by atoms with Gasteiger partial charge in [-0.15, -0.1) is 0 Å². The molecule has 2 aromatic carbocycles. The summed E-state index contributed by atoms with van der Waals surface area (Å²) < 4.78 is 12.2. The van der Waals surface area contributed by atoms with E-state index in [0.717, 1.165) is 34.2 Å².